The molecule has 1 atom stereocenters. The summed E-state index contributed by atoms with van der Waals surface area (Å²) in [6, 6.07) is 0. The number of hydrogen-bond acceptors (Lipinski definition) is 2. The third-order valence-corrected chi connectivity index (χ3v) is 1.10. The predicted octanol–water partition coefficient (Wildman–Crippen LogP) is 1.95. The number of aliphatic hydroxyl groups is 1. The lowest BCUT2D eigenvalue weighted by Gasteiger charge is -2.01. The minimum atomic E-state index is 0. The third-order valence-electron chi connectivity index (χ3n) is 1.10. The van der Waals surface area contributed by atoms with Gasteiger partial charge in [-0.3, -0.25) is 0 Å². The van der Waals surface area contributed by atoms with Gasteiger partial charge in [-0.15, -0.1) is 0 Å². The Kier molecular flexibility index (Phi) is 9.92. The molecule has 1 unspecified atom stereocenters. The molecule has 60 valence electrons. The molecule has 0 aromatic carbocycles. The van der Waals surface area contributed by atoms with Crippen molar-refractivity contribution in [3.05, 3.63) is 10.4 Å². The molecule has 1 N–H and O–H groups in total. The summed E-state index contributed by atoms with van der Waals surface area (Å²) in [5, 5.41) is 11.8. The minimum absolute atomic E-state index is 0. The average Bonchev–Trinajstić information content (AvgIpc) is 1.89. The Bertz CT molecular complexity index is 110. The predicted molar refractivity (Wildman–Crippen MR) is 41.6 cm³/mol. The zero-order valence-corrected chi connectivity index (χ0v) is 5.49. The summed E-state index contributed by atoms with van der Waals surface area (Å²) in [5.41, 5.74) is 7.85. The molecular weight excluding hydrogens is 130 g/mol. The van der Waals surface area contributed by atoms with E-state index in [-0.39, 0.29) is 20.0 Å². The Morgan fingerprint density at radius 2 is 2.30 bits per heavy atom. The zero-order valence-electron chi connectivity index (χ0n) is 5.49. The molecule has 0 radical (unpaired) electrons. The van der Waals surface area contributed by atoms with Gasteiger partial charge >= 0.3 is 0 Å². The maximum atomic E-state index is 8.50. The monoisotopic (exact) mass is 145 g/mol. The molecule has 0 aliphatic carbocycles. The lowest BCUT2D eigenvalue weighted by molar-refractivity contribution is 0.232. The van der Waals surface area contributed by atoms with Crippen LogP contribution in [0.2, 0.25) is 0 Å². The molecule has 0 bridgehead atoms. The van der Waals surface area contributed by atoms with Crippen molar-refractivity contribution in [2.45, 2.75) is 20.8 Å². The second kappa shape index (κ2) is 8.27. The van der Waals surface area contributed by atoms with Crippen molar-refractivity contribution in [2.75, 3.05) is 13.2 Å². The Hall–Kier alpha value is -0.730. The first kappa shape index (κ1) is 12.0. The van der Waals surface area contributed by atoms with Gasteiger partial charge in [0.2, 0.25) is 0 Å². The van der Waals surface area contributed by atoms with Gasteiger partial charge in [-0.2, -0.15) is 0 Å². The van der Waals surface area contributed by atoms with Crippen molar-refractivity contribution in [2.24, 2.45) is 11.0 Å². The molecular formula is C6H15N3O. The van der Waals surface area contributed by atoms with Crippen LogP contribution in [0, 0.1) is 5.92 Å². The van der Waals surface area contributed by atoms with Crippen LogP contribution in [-0.4, -0.2) is 18.3 Å². The van der Waals surface area contributed by atoms with Crippen LogP contribution in [0.25, 0.3) is 10.4 Å². The SMILES string of the molecule is C.CC(CO)CCN=[N+]=[N-]. The maximum Gasteiger partial charge on any atom is 0.0456 e. The lowest BCUT2D eigenvalue weighted by atomic mass is 10.1. The van der Waals surface area contributed by atoms with Crippen LogP contribution in [0.5, 0.6) is 0 Å². The summed E-state index contributed by atoms with van der Waals surface area (Å²) < 4.78 is 0. The van der Waals surface area contributed by atoms with Crippen LogP contribution in [0.4, 0.5) is 0 Å². The van der Waals surface area contributed by atoms with Gasteiger partial charge in [0.25, 0.3) is 0 Å². The van der Waals surface area contributed by atoms with E-state index in [2.05, 4.69) is 10.0 Å². The van der Waals surface area contributed by atoms with Crippen LogP contribution in [0.15, 0.2) is 5.11 Å². The van der Waals surface area contributed by atoms with Gasteiger partial charge in [0.05, 0.1) is 0 Å². The van der Waals surface area contributed by atoms with E-state index in [0.717, 1.165) is 6.42 Å². The summed E-state index contributed by atoms with van der Waals surface area (Å²) in [7, 11) is 0. The highest BCUT2D eigenvalue weighted by Crippen LogP contribution is 1.98. The fourth-order valence-corrected chi connectivity index (χ4v) is 0.414. The van der Waals surface area contributed by atoms with E-state index in [0.29, 0.717) is 6.54 Å². The van der Waals surface area contributed by atoms with Crippen LogP contribution in [-0.2, 0) is 0 Å². The maximum absolute atomic E-state index is 8.50. The summed E-state index contributed by atoms with van der Waals surface area (Å²) in [5.74, 6) is 0.246. The van der Waals surface area contributed by atoms with Gasteiger partial charge in [-0.25, -0.2) is 0 Å². The second-order valence-corrected chi connectivity index (χ2v) is 2.03. The van der Waals surface area contributed by atoms with E-state index in [1.165, 1.54) is 0 Å². The molecule has 4 heteroatoms. The first-order valence-corrected chi connectivity index (χ1v) is 2.93. The van der Waals surface area contributed by atoms with Gasteiger partial charge in [0, 0.05) is 18.1 Å². The molecule has 10 heavy (non-hydrogen) atoms. The molecule has 0 saturated heterocycles. The number of azide groups is 1. The van der Waals surface area contributed by atoms with Crippen molar-refractivity contribution in [1.29, 1.82) is 0 Å². The number of hydrogen-bond donors (Lipinski definition) is 1. The molecule has 0 spiro atoms. The topological polar surface area (TPSA) is 69.0 Å². The summed E-state index contributed by atoms with van der Waals surface area (Å²) in [6.07, 6.45) is 0.764. The van der Waals surface area contributed by atoms with Crippen molar-refractivity contribution < 1.29 is 5.11 Å². The zero-order chi connectivity index (χ0) is 7.11. The van der Waals surface area contributed by atoms with Crippen molar-refractivity contribution in [3.8, 4) is 0 Å². The Balaban J connectivity index is 0. The average molecular weight is 145 g/mol. The fraction of sp³-hybridized carbons (Fsp3) is 1.00. The molecule has 0 rings (SSSR count). The quantitative estimate of drug-likeness (QED) is 0.366. The van der Waals surface area contributed by atoms with Gasteiger partial charge in [-0.05, 0) is 17.9 Å². The molecule has 0 fully saturated rings. The van der Waals surface area contributed by atoms with E-state index < -0.39 is 0 Å². The molecule has 0 aromatic heterocycles. The van der Waals surface area contributed by atoms with E-state index >= 15 is 0 Å². The van der Waals surface area contributed by atoms with Crippen molar-refractivity contribution in [1.82, 2.24) is 0 Å². The Morgan fingerprint density at radius 3 is 2.70 bits per heavy atom. The standard InChI is InChI=1S/C5H11N3O.CH4/c1-5(4-9)2-3-7-8-6;/h5,9H,2-4H2,1H3;1H4. The van der Waals surface area contributed by atoms with Crippen LogP contribution < -0.4 is 0 Å². The largest absolute Gasteiger partial charge is 0.396 e. The van der Waals surface area contributed by atoms with Gasteiger partial charge in [0.15, 0.2) is 0 Å². The minimum Gasteiger partial charge on any atom is -0.396 e. The van der Waals surface area contributed by atoms with E-state index in [4.69, 9.17) is 10.6 Å². The van der Waals surface area contributed by atoms with E-state index in [1.807, 2.05) is 6.92 Å². The summed E-state index contributed by atoms with van der Waals surface area (Å²) >= 11 is 0. The van der Waals surface area contributed by atoms with Crippen LogP contribution in [0.3, 0.4) is 0 Å². The highest BCUT2D eigenvalue weighted by Gasteiger charge is 1.95. The smallest absolute Gasteiger partial charge is 0.0456 e. The number of aliphatic hydroxyl groups excluding tert-OH is 1. The molecule has 0 amide bonds. The van der Waals surface area contributed by atoms with Crippen molar-refractivity contribution >= 4 is 0 Å². The Labute approximate surface area is 61.5 Å². The Morgan fingerprint density at radius 1 is 1.70 bits per heavy atom. The van der Waals surface area contributed by atoms with Crippen molar-refractivity contribution in [3.63, 3.8) is 0 Å². The normalized spacial score (nSPS) is 11.0. The number of rotatable bonds is 4. The second-order valence-electron chi connectivity index (χ2n) is 2.03. The molecule has 0 aromatic rings. The molecule has 4 nitrogen and oxygen atoms in total. The summed E-state index contributed by atoms with van der Waals surface area (Å²) in [4.78, 5) is 2.59. The van der Waals surface area contributed by atoms with Gasteiger partial charge < -0.3 is 5.11 Å². The van der Waals surface area contributed by atoms with Crippen LogP contribution >= 0.6 is 0 Å². The fourth-order valence-electron chi connectivity index (χ4n) is 0.414. The first-order valence-electron chi connectivity index (χ1n) is 2.93. The highest BCUT2D eigenvalue weighted by molar-refractivity contribution is 4.53. The number of nitrogens with zero attached hydrogens (tertiary/aromatic N) is 3. The molecule has 0 saturated carbocycles. The summed E-state index contributed by atoms with van der Waals surface area (Å²) in [6.45, 7) is 2.56. The molecule has 0 aliphatic heterocycles. The first-order chi connectivity index (χ1) is 4.31. The molecule has 0 heterocycles. The lowest BCUT2D eigenvalue weighted by Crippen LogP contribution is -2.01. The van der Waals surface area contributed by atoms with Crippen LogP contribution in [0.1, 0.15) is 20.8 Å². The highest BCUT2D eigenvalue weighted by atomic mass is 16.3. The van der Waals surface area contributed by atoms with E-state index in [9.17, 15) is 0 Å². The van der Waals surface area contributed by atoms with Gasteiger partial charge in [-0.1, -0.05) is 19.5 Å². The van der Waals surface area contributed by atoms with E-state index in [1.54, 1.807) is 0 Å². The molecule has 0 aliphatic rings. The third kappa shape index (κ3) is 7.27. The van der Waals surface area contributed by atoms with Gasteiger partial charge in [0.1, 0.15) is 0 Å².